The van der Waals surface area contributed by atoms with Crippen LogP contribution in [0.4, 0.5) is 0 Å². The number of likely N-dealkylation sites (tertiary alicyclic amines) is 1. The van der Waals surface area contributed by atoms with E-state index >= 15 is 0 Å². The second-order valence-electron chi connectivity index (χ2n) is 6.31. The lowest BCUT2D eigenvalue weighted by Gasteiger charge is -2.23. The smallest absolute Gasteiger partial charge is 0.310 e. The van der Waals surface area contributed by atoms with E-state index in [9.17, 15) is 4.79 Å². The summed E-state index contributed by atoms with van der Waals surface area (Å²) >= 11 is 0. The summed E-state index contributed by atoms with van der Waals surface area (Å²) in [6.45, 7) is 6.59. The molecular weight excluding hydrogens is 278 g/mol. The number of hydrogen-bond acceptors (Lipinski definition) is 4. The number of rotatable bonds is 7. The molecule has 2 fully saturated rings. The summed E-state index contributed by atoms with van der Waals surface area (Å²) in [6.07, 6.45) is 7.41. The Labute approximate surface area is 134 Å². The average molecular weight is 307 g/mol. The largest absolute Gasteiger partial charge is 0.460 e. The molecule has 4 heteroatoms. The van der Waals surface area contributed by atoms with Crippen molar-refractivity contribution in [1.29, 1.82) is 0 Å². The highest BCUT2D eigenvalue weighted by molar-refractivity contribution is 5.75. The molecule has 0 saturated carbocycles. The minimum absolute atomic E-state index is 0.0615. The highest BCUT2D eigenvalue weighted by Crippen LogP contribution is 2.24. The van der Waals surface area contributed by atoms with Gasteiger partial charge in [0.25, 0.3) is 0 Å². The Morgan fingerprint density at radius 2 is 2.09 bits per heavy atom. The summed E-state index contributed by atoms with van der Waals surface area (Å²) in [5.41, 5.74) is 0. The van der Waals surface area contributed by atoms with Gasteiger partial charge >= 0.3 is 5.97 Å². The summed E-state index contributed by atoms with van der Waals surface area (Å²) in [7, 11) is 0. The molecule has 22 heavy (non-hydrogen) atoms. The molecule has 0 unspecified atom stereocenters. The normalized spacial score (nSPS) is 25.6. The first kappa shape index (κ1) is 17.3. The summed E-state index contributed by atoms with van der Waals surface area (Å²) < 4.78 is 10.9. The van der Waals surface area contributed by atoms with E-state index in [1.54, 1.807) is 0 Å². The third kappa shape index (κ3) is 5.98. The first-order valence-electron chi connectivity index (χ1n) is 8.76. The summed E-state index contributed by atoms with van der Waals surface area (Å²) in [5.74, 6) is 6.22. The lowest BCUT2D eigenvalue weighted by atomic mass is 10.0. The second-order valence-corrected chi connectivity index (χ2v) is 6.31. The maximum atomic E-state index is 11.8. The van der Waals surface area contributed by atoms with Gasteiger partial charge in [0, 0.05) is 19.4 Å². The van der Waals surface area contributed by atoms with Gasteiger partial charge in [-0.05, 0) is 32.4 Å². The molecule has 0 amide bonds. The van der Waals surface area contributed by atoms with Crippen molar-refractivity contribution in [3.05, 3.63) is 0 Å². The Morgan fingerprint density at radius 3 is 2.86 bits per heavy atom. The third-order valence-electron chi connectivity index (χ3n) is 4.33. The molecule has 0 aromatic carbocycles. The van der Waals surface area contributed by atoms with Crippen molar-refractivity contribution in [3.8, 4) is 11.8 Å². The van der Waals surface area contributed by atoms with Crippen molar-refractivity contribution >= 4 is 5.97 Å². The van der Waals surface area contributed by atoms with Crippen molar-refractivity contribution in [2.75, 3.05) is 32.8 Å². The maximum absolute atomic E-state index is 11.8. The number of nitrogens with zero attached hydrogens (tertiary/aromatic N) is 1. The van der Waals surface area contributed by atoms with Gasteiger partial charge < -0.3 is 9.47 Å². The molecule has 2 saturated heterocycles. The number of cyclic esters (lactones) is 1. The van der Waals surface area contributed by atoms with Gasteiger partial charge in [0.1, 0.15) is 6.10 Å². The van der Waals surface area contributed by atoms with Gasteiger partial charge in [-0.25, -0.2) is 0 Å². The lowest BCUT2D eigenvalue weighted by Crippen LogP contribution is -2.29. The van der Waals surface area contributed by atoms with Crippen LogP contribution in [0.2, 0.25) is 0 Å². The fourth-order valence-electron chi connectivity index (χ4n) is 2.93. The molecule has 0 N–H and O–H groups in total. The monoisotopic (exact) mass is 307 g/mol. The number of unbranched alkanes of at least 4 members (excludes halogenated alkanes) is 1. The van der Waals surface area contributed by atoms with E-state index in [1.807, 2.05) is 0 Å². The van der Waals surface area contributed by atoms with Gasteiger partial charge in [0.05, 0.1) is 19.1 Å². The summed E-state index contributed by atoms with van der Waals surface area (Å²) in [6, 6.07) is 0. The maximum Gasteiger partial charge on any atom is 0.310 e. The van der Waals surface area contributed by atoms with Gasteiger partial charge in [-0.1, -0.05) is 25.7 Å². The lowest BCUT2D eigenvalue weighted by molar-refractivity contribution is -0.146. The van der Waals surface area contributed by atoms with E-state index in [0.717, 1.165) is 45.5 Å². The van der Waals surface area contributed by atoms with Gasteiger partial charge in [-0.15, -0.1) is 5.92 Å². The zero-order valence-corrected chi connectivity index (χ0v) is 13.8. The van der Waals surface area contributed by atoms with Crippen LogP contribution in [0, 0.1) is 17.8 Å². The van der Waals surface area contributed by atoms with Crippen molar-refractivity contribution in [1.82, 2.24) is 4.90 Å². The predicted molar refractivity (Wildman–Crippen MR) is 86.4 cm³/mol. The van der Waals surface area contributed by atoms with Crippen LogP contribution in [0.5, 0.6) is 0 Å². The topological polar surface area (TPSA) is 38.8 Å². The number of hydrogen-bond donors (Lipinski definition) is 0. The molecular formula is C18H29NO3. The number of carbonyl (C=O) groups excluding carboxylic acids is 1. The molecule has 0 aliphatic carbocycles. The van der Waals surface area contributed by atoms with Gasteiger partial charge in [0.2, 0.25) is 0 Å². The number of piperidine rings is 1. The Morgan fingerprint density at radius 1 is 1.27 bits per heavy atom. The molecule has 2 heterocycles. The minimum Gasteiger partial charge on any atom is -0.460 e. The summed E-state index contributed by atoms with van der Waals surface area (Å²) in [5, 5.41) is 0. The molecule has 2 atom stereocenters. The van der Waals surface area contributed by atoms with Crippen LogP contribution in [-0.2, 0) is 14.3 Å². The highest BCUT2D eigenvalue weighted by Gasteiger charge is 2.33. The number of ether oxygens (including phenoxy) is 2. The van der Waals surface area contributed by atoms with Gasteiger partial charge in [0.15, 0.2) is 0 Å². The van der Waals surface area contributed by atoms with Gasteiger partial charge in [-0.2, -0.15) is 0 Å². The van der Waals surface area contributed by atoms with Crippen molar-refractivity contribution in [2.45, 2.75) is 58.0 Å². The molecule has 0 bridgehead atoms. The SMILES string of the molecule is CCCCOC[C@@H]1C[C@@H](CC#CCN2CCCCC2)C(=O)O1. The molecule has 2 rings (SSSR count). The number of esters is 1. The standard InChI is InChI=1S/C18H29NO3/c1-2-3-13-21-15-17-14-16(18(20)22-17)9-5-8-12-19-10-6-4-7-11-19/h16-17H,2-4,6-7,9-15H2,1H3/t16-,17+/m1/s1. The van der Waals surface area contributed by atoms with Crippen LogP contribution in [0.25, 0.3) is 0 Å². The van der Waals surface area contributed by atoms with Crippen LogP contribution in [0.1, 0.15) is 51.9 Å². The minimum atomic E-state index is -0.101. The Hall–Kier alpha value is -1.05. The van der Waals surface area contributed by atoms with Crippen LogP contribution < -0.4 is 0 Å². The second kappa shape index (κ2) is 9.86. The molecule has 2 aliphatic rings. The van der Waals surface area contributed by atoms with E-state index in [0.29, 0.717) is 13.0 Å². The van der Waals surface area contributed by atoms with E-state index in [2.05, 4.69) is 23.7 Å². The third-order valence-corrected chi connectivity index (χ3v) is 4.33. The quantitative estimate of drug-likeness (QED) is 0.412. The van der Waals surface area contributed by atoms with Crippen LogP contribution >= 0.6 is 0 Å². The van der Waals surface area contributed by atoms with E-state index in [4.69, 9.17) is 9.47 Å². The molecule has 2 aliphatic heterocycles. The Bertz CT molecular complexity index is 393. The fraction of sp³-hybridized carbons (Fsp3) is 0.833. The van der Waals surface area contributed by atoms with Crippen LogP contribution in [0.15, 0.2) is 0 Å². The molecule has 0 aromatic heterocycles. The first-order chi connectivity index (χ1) is 10.8. The fourth-order valence-corrected chi connectivity index (χ4v) is 2.93. The van der Waals surface area contributed by atoms with Crippen molar-refractivity contribution in [2.24, 2.45) is 5.92 Å². The molecule has 4 nitrogen and oxygen atoms in total. The van der Waals surface area contributed by atoms with Crippen molar-refractivity contribution < 1.29 is 14.3 Å². The predicted octanol–water partition coefficient (Wildman–Crippen LogP) is 2.61. The van der Waals surface area contributed by atoms with Crippen molar-refractivity contribution in [3.63, 3.8) is 0 Å². The molecule has 0 aromatic rings. The molecule has 0 radical (unpaired) electrons. The molecule has 0 spiro atoms. The number of carbonyl (C=O) groups is 1. The highest BCUT2D eigenvalue weighted by atomic mass is 16.6. The summed E-state index contributed by atoms with van der Waals surface area (Å²) in [4.78, 5) is 14.2. The Kier molecular flexibility index (Phi) is 7.76. The van der Waals surface area contributed by atoms with E-state index < -0.39 is 0 Å². The zero-order chi connectivity index (χ0) is 15.6. The van der Waals surface area contributed by atoms with E-state index in [1.165, 1.54) is 19.3 Å². The molecule has 124 valence electrons. The first-order valence-corrected chi connectivity index (χ1v) is 8.76. The average Bonchev–Trinajstić information content (AvgIpc) is 2.89. The van der Waals surface area contributed by atoms with Crippen LogP contribution in [-0.4, -0.2) is 49.8 Å². The van der Waals surface area contributed by atoms with Crippen LogP contribution in [0.3, 0.4) is 0 Å². The Balaban J connectivity index is 1.62. The zero-order valence-electron chi connectivity index (χ0n) is 13.8. The van der Waals surface area contributed by atoms with E-state index in [-0.39, 0.29) is 18.0 Å². The van der Waals surface area contributed by atoms with Gasteiger partial charge in [-0.3, -0.25) is 9.69 Å².